The van der Waals surface area contributed by atoms with Gasteiger partial charge in [-0.25, -0.2) is 15.0 Å². The summed E-state index contributed by atoms with van der Waals surface area (Å²) < 4.78 is 0. The van der Waals surface area contributed by atoms with Gasteiger partial charge in [-0.2, -0.15) is 0 Å². The van der Waals surface area contributed by atoms with Gasteiger partial charge in [-0.1, -0.05) is 36.4 Å². The number of hydrogen-bond acceptors (Lipinski definition) is 7. The van der Waals surface area contributed by atoms with Gasteiger partial charge >= 0.3 is 0 Å². The number of benzene rings is 2. The molecule has 170 valence electrons. The molecule has 0 amide bonds. The molecule has 7 heteroatoms. The molecule has 0 radical (unpaired) electrons. The zero-order valence-electron chi connectivity index (χ0n) is 18.8. The first-order valence-corrected chi connectivity index (χ1v) is 11.5. The molecule has 0 spiro atoms. The van der Waals surface area contributed by atoms with Crippen LogP contribution in [0.2, 0.25) is 0 Å². The van der Waals surface area contributed by atoms with Gasteiger partial charge in [-0.3, -0.25) is 9.74 Å². The Bertz CT molecular complexity index is 1050. The fourth-order valence-electron chi connectivity index (χ4n) is 4.48. The van der Waals surface area contributed by atoms with Crippen LogP contribution >= 0.6 is 0 Å². The van der Waals surface area contributed by atoms with E-state index in [4.69, 9.17) is 4.84 Å². The predicted molar refractivity (Wildman–Crippen MR) is 133 cm³/mol. The molecule has 33 heavy (non-hydrogen) atoms. The van der Waals surface area contributed by atoms with Gasteiger partial charge in [0.15, 0.2) is 5.82 Å². The van der Waals surface area contributed by atoms with Crippen LogP contribution in [-0.2, 0) is 4.84 Å². The van der Waals surface area contributed by atoms with Crippen molar-refractivity contribution in [1.29, 1.82) is 0 Å². The molecule has 0 aliphatic carbocycles. The van der Waals surface area contributed by atoms with Gasteiger partial charge < -0.3 is 10.2 Å². The number of rotatable bonds is 7. The second-order valence-corrected chi connectivity index (χ2v) is 8.38. The van der Waals surface area contributed by atoms with Crippen LogP contribution in [0.1, 0.15) is 18.0 Å². The minimum absolute atomic E-state index is 0.153. The Balaban J connectivity index is 1.24. The van der Waals surface area contributed by atoms with Gasteiger partial charge in [0, 0.05) is 56.6 Å². The molecule has 2 aliphatic heterocycles. The molecule has 1 unspecified atom stereocenters. The number of anilines is 4. The molecule has 0 saturated carbocycles. The lowest BCUT2D eigenvalue weighted by Crippen LogP contribution is -2.46. The average Bonchev–Trinajstić information content (AvgIpc) is 3.36. The minimum Gasteiger partial charge on any atom is -0.369 e. The molecule has 2 aliphatic rings. The van der Waals surface area contributed by atoms with Crippen LogP contribution in [-0.4, -0.2) is 54.2 Å². The summed E-state index contributed by atoms with van der Waals surface area (Å²) in [6.07, 6.45) is 4.49. The molecule has 1 atom stereocenters. The molecule has 2 aromatic carbocycles. The summed E-state index contributed by atoms with van der Waals surface area (Å²) in [5, 5.41) is 5.31. The molecule has 2 saturated heterocycles. The van der Waals surface area contributed by atoms with Gasteiger partial charge in [0.25, 0.3) is 0 Å². The summed E-state index contributed by atoms with van der Waals surface area (Å²) in [6, 6.07) is 21.1. The number of aromatic nitrogens is 2. The molecule has 5 rings (SSSR count). The van der Waals surface area contributed by atoms with Crippen LogP contribution in [0.15, 0.2) is 79.6 Å². The number of nitrogens with one attached hydrogen (secondary N) is 1. The minimum atomic E-state index is 0.153. The van der Waals surface area contributed by atoms with Crippen molar-refractivity contribution < 1.29 is 4.84 Å². The smallest absolute Gasteiger partial charge is 0.158 e. The van der Waals surface area contributed by atoms with E-state index in [1.54, 1.807) is 6.33 Å². The standard InChI is InChI=1S/C26H30N6O/c1-2-13-30-14-16-31(17-15-30)23-10-8-22(9-11-23)29-25-19-26(28-20-27-25)32-24(12-18-33-32)21-6-4-3-5-7-21/h2-11,19-20,24H,1,12-18H2,(H,27,28,29). The van der Waals surface area contributed by atoms with Gasteiger partial charge in [0.2, 0.25) is 0 Å². The maximum atomic E-state index is 5.92. The molecule has 2 fully saturated rings. The molecule has 0 bridgehead atoms. The van der Waals surface area contributed by atoms with Crippen LogP contribution in [0.3, 0.4) is 0 Å². The molecule has 3 heterocycles. The first-order valence-electron chi connectivity index (χ1n) is 11.5. The first kappa shape index (κ1) is 21.4. The Kier molecular flexibility index (Phi) is 6.51. The quantitative estimate of drug-likeness (QED) is 0.544. The fourth-order valence-corrected chi connectivity index (χ4v) is 4.48. The van der Waals surface area contributed by atoms with E-state index in [-0.39, 0.29) is 6.04 Å². The van der Waals surface area contributed by atoms with Gasteiger partial charge in [0.05, 0.1) is 12.6 Å². The third-order valence-electron chi connectivity index (χ3n) is 6.23. The second kappa shape index (κ2) is 10.0. The molecular weight excluding hydrogens is 412 g/mol. The predicted octanol–water partition coefficient (Wildman–Crippen LogP) is 4.41. The molecule has 7 nitrogen and oxygen atoms in total. The van der Waals surface area contributed by atoms with Crippen molar-refractivity contribution in [3.8, 4) is 0 Å². The van der Waals surface area contributed by atoms with Crippen LogP contribution in [0.5, 0.6) is 0 Å². The largest absolute Gasteiger partial charge is 0.369 e. The average molecular weight is 443 g/mol. The van der Waals surface area contributed by atoms with Crippen molar-refractivity contribution >= 4 is 23.0 Å². The molecule has 1 aromatic heterocycles. The highest BCUT2D eigenvalue weighted by atomic mass is 16.7. The monoisotopic (exact) mass is 442 g/mol. The third-order valence-corrected chi connectivity index (χ3v) is 6.23. The molecule has 1 N–H and O–H groups in total. The fraction of sp³-hybridized carbons (Fsp3) is 0.308. The second-order valence-electron chi connectivity index (χ2n) is 8.38. The summed E-state index contributed by atoms with van der Waals surface area (Å²) in [5.74, 6) is 1.50. The lowest BCUT2D eigenvalue weighted by atomic mass is 10.0. The van der Waals surface area contributed by atoms with Crippen molar-refractivity contribution in [2.75, 3.05) is 54.6 Å². The van der Waals surface area contributed by atoms with E-state index >= 15 is 0 Å². The Morgan fingerprint density at radius 2 is 1.79 bits per heavy atom. The maximum Gasteiger partial charge on any atom is 0.158 e. The normalized spacial score (nSPS) is 19.0. The van der Waals surface area contributed by atoms with Gasteiger partial charge in [0.1, 0.15) is 12.1 Å². The van der Waals surface area contributed by atoms with E-state index in [0.29, 0.717) is 6.61 Å². The lowest BCUT2D eigenvalue weighted by Gasteiger charge is -2.35. The molecule has 3 aromatic rings. The van der Waals surface area contributed by atoms with E-state index in [2.05, 4.69) is 80.2 Å². The Morgan fingerprint density at radius 1 is 1.00 bits per heavy atom. The number of nitrogens with zero attached hydrogens (tertiary/aromatic N) is 5. The number of piperazine rings is 1. The topological polar surface area (TPSA) is 56.8 Å². The van der Waals surface area contributed by atoms with Crippen molar-refractivity contribution in [2.24, 2.45) is 0 Å². The van der Waals surface area contributed by atoms with Gasteiger partial charge in [-0.05, 0) is 29.8 Å². The highest BCUT2D eigenvalue weighted by molar-refractivity contribution is 5.62. The Morgan fingerprint density at radius 3 is 2.55 bits per heavy atom. The van der Waals surface area contributed by atoms with E-state index in [1.165, 1.54) is 11.3 Å². The van der Waals surface area contributed by atoms with E-state index < -0.39 is 0 Å². The number of hydroxylamine groups is 1. The summed E-state index contributed by atoms with van der Waals surface area (Å²) in [7, 11) is 0. The van der Waals surface area contributed by atoms with Gasteiger partial charge in [-0.15, -0.1) is 6.58 Å². The van der Waals surface area contributed by atoms with E-state index in [9.17, 15) is 0 Å². The highest BCUT2D eigenvalue weighted by Crippen LogP contribution is 2.34. The van der Waals surface area contributed by atoms with E-state index in [1.807, 2.05) is 23.3 Å². The summed E-state index contributed by atoms with van der Waals surface area (Å²) >= 11 is 0. The van der Waals surface area contributed by atoms with Crippen LogP contribution in [0, 0.1) is 0 Å². The van der Waals surface area contributed by atoms with E-state index in [0.717, 1.165) is 56.5 Å². The van der Waals surface area contributed by atoms with Crippen LogP contribution in [0.4, 0.5) is 23.0 Å². The SMILES string of the molecule is C=CCN1CCN(c2ccc(Nc3cc(N4OCCC4c4ccccc4)ncn3)cc2)CC1. The maximum absolute atomic E-state index is 5.92. The van der Waals surface area contributed by atoms with Crippen molar-refractivity contribution in [3.63, 3.8) is 0 Å². The summed E-state index contributed by atoms with van der Waals surface area (Å²) in [4.78, 5) is 19.7. The summed E-state index contributed by atoms with van der Waals surface area (Å²) in [6.45, 7) is 9.69. The Labute approximate surface area is 195 Å². The van der Waals surface area contributed by atoms with Crippen molar-refractivity contribution in [1.82, 2.24) is 14.9 Å². The third kappa shape index (κ3) is 4.99. The Hall–Kier alpha value is -3.42. The van der Waals surface area contributed by atoms with Crippen molar-refractivity contribution in [3.05, 3.63) is 85.2 Å². The number of hydrogen-bond donors (Lipinski definition) is 1. The zero-order valence-corrected chi connectivity index (χ0v) is 18.8. The van der Waals surface area contributed by atoms with Crippen molar-refractivity contribution in [2.45, 2.75) is 12.5 Å². The summed E-state index contributed by atoms with van der Waals surface area (Å²) in [5.41, 5.74) is 3.47. The first-order chi connectivity index (χ1) is 16.3. The highest BCUT2D eigenvalue weighted by Gasteiger charge is 2.29. The zero-order chi connectivity index (χ0) is 22.5. The lowest BCUT2D eigenvalue weighted by molar-refractivity contribution is 0.157. The van der Waals surface area contributed by atoms with Crippen LogP contribution < -0.4 is 15.3 Å². The molecular formula is C26H30N6O. The van der Waals surface area contributed by atoms with Crippen LogP contribution in [0.25, 0.3) is 0 Å².